The van der Waals surface area contributed by atoms with Crippen molar-refractivity contribution in [3.8, 4) is 0 Å². The summed E-state index contributed by atoms with van der Waals surface area (Å²) >= 11 is 0. The molecule has 112 valence electrons. The first-order valence-corrected chi connectivity index (χ1v) is 7.19. The first-order chi connectivity index (χ1) is 10.0. The summed E-state index contributed by atoms with van der Waals surface area (Å²) in [5, 5.41) is 6.57. The van der Waals surface area contributed by atoms with Gasteiger partial charge in [0.15, 0.2) is 5.82 Å². The third-order valence-corrected chi connectivity index (χ3v) is 3.27. The van der Waals surface area contributed by atoms with E-state index in [1.165, 1.54) is 11.1 Å². The number of aryl methyl sites for hydroxylation is 1. The van der Waals surface area contributed by atoms with Crippen LogP contribution < -0.4 is 5.32 Å². The molecule has 0 aliphatic rings. The van der Waals surface area contributed by atoms with Gasteiger partial charge in [0.05, 0.1) is 6.42 Å². The fraction of sp³-hybridized carbons (Fsp3) is 0.438. The molecule has 1 aromatic carbocycles. The van der Waals surface area contributed by atoms with Crippen LogP contribution in [0.5, 0.6) is 0 Å². The number of rotatable bonds is 6. The lowest BCUT2D eigenvalue weighted by Crippen LogP contribution is -2.27. The smallest absolute Gasteiger partial charge is 0.227 e. The number of amides is 1. The van der Waals surface area contributed by atoms with Gasteiger partial charge in [0.2, 0.25) is 11.8 Å². The summed E-state index contributed by atoms with van der Waals surface area (Å²) in [6, 6.07) is 8.52. The van der Waals surface area contributed by atoms with Crippen molar-refractivity contribution in [2.75, 3.05) is 6.54 Å². The number of carbonyl (C=O) groups excluding carboxylic acids is 1. The number of nitrogens with one attached hydrogen (secondary N) is 1. The molecule has 2 aromatic rings. The Labute approximate surface area is 124 Å². The molecule has 0 saturated heterocycles. The van der Waals surface area contributed by atoms with Gasteiger partial charge in [-0.25, -0.2) is 0 Å². The second kappa shape index (κ2) is 7.02. The number of carbonyl (C=O) groups is 1. The van der Waals surface area contributed by atoms with Crippen LogP contribution in [0.25, 0.3) is 0 Å². The summed E-state index contributed by atoms with van der Waals surface area (Å²) in [6.07, 6.45) is 0.971. The van der Waals surface area contributed by atoms with Gasteiger partial charge in [-0.2, -0.15) is 4.98 Å². The lowest BCUT2D eigenvalue weighted by molar-refractivity contribution is -0.120. The molecule has 1 aromatic heterocycles. The number of benzene rings is 1. The van der Waals surface area contributed by atoms with Crippen molar-refractivity contribution in [3.63, 3.8) is 0 Å². The molecule has 0 aliphatic carbocycles. The Hall–Kier alpha value is -2.17. The topological polar surface area (TPSA) is 68.0 Å². The van der Waals surface area contributed by atoms with E-state index in [-0.39, 0.29) is 12.3 Å². The first-order valence-electron chi connectivity index (χ1n) is 7.19. The highest BCUT2D eigenvalue weighted by Gasteiger charge is 2.08. The molecule has 0 atom stereocenters. The van der Waals surface area contributed by atoms with Crippen molar-refractivity contribution < 1.29 is 9.32 Å². The average Bonchev–Trinajstić information content (AvgIpc) is 2.84. The summed E-state index contributed by atoms with van der Waals surface area (Å²) < 4.78 is 4.83. The van der Waals surface area contributed by atoms with Crippen molar-refractivity contribution in [1.82, 2.24) is 15.5 Å². The predicted octanol–water partition coefficient (Wildman–Crippen LogP) is 2.40. The third-order valence-electron chi connectivity index (χ3n) is 3.27. The van der Waals surface area contributed by atoms with Crippen LogP contribution in [0.4, 0.5) is 0 Å². The second-order valence-corrected chi connectivity index (χ2v) is 5.40. The molecule has 0 fully saturated rings. The van der Waals surface area contributed by atoms with Crippen molar-refractivity contribution in [1.29, 1.82) is 0 Å². The molecule has 0 radical (unpaired) electrons. The molecule has 1 amide bonds. The standard InChI is InChI=1S/C16H21N3O2/c1-11(2)14-6-4-13(5-7-14)8-9-17-16(20)10-15-18-12(3)21-19-15/h4-7,11H,8-10H2,1-3H3,(H,17,20). The molecule has 1 N–H and O–H groups in total. The number of hydrogen-bond donors (Lipinski definition) is 1. The Kier molecular flexibility index (Phi) is 5.09. The predicted molar refractivity (Wildman–Crippen MR) is 80.0 cm³/mol. The Morgan fingerprint density at radius 1 is 1.29 bits per heavy atom. The van der Waals surface area contributed by atoms with Crippen molar-refractivity contribution in [3.05, 3.63) is 47.1 Å². The Morgan fingerprint density at radius 3 is 2.57 bits per heavy atom. The molecule has 0 spiro atoms. The van der Waals surface area contributed by atoms with E-state index in [4.69, 9.17) is 4.52 Å². The highest BCUT2D eigenvalue weighted by atomic mass is 16.5. The molecular formula is C16H21N3O2. The van der Waals surface area contributed by atoms with Gasteiger partial charge >= 0.3 is 0 Å². The number of hydrogen-bond acceptors (Lipinski definition) is 4. The van der Waals surface area contributed by atoms with Crippen LogP contribution in [0.2, 0.25) is 0 Å². The largest absolute Gasteiger partial charge is 0.355 e. The molecule has 2 rings (SSSR count). The molecule has 1 heterocycles. The van der Waals surface area contributed by atoms with Crippen LogP contribution in [0.3, 0.4) is 0 Å². The maximum Gasteiger partial charge on any atom is 0.227 e. The average molecular weight is 287 g/mol. The zero-order valence-electron chi connectivity index (χ0n) is 12.7. The Morgan fingerprint density at radius 2 is 2.00 bits per heavy atom. The molecule has 21 heavy (non-hydrogen) atoms. The van der Waals surface area contributed by atoms with Gasteiger partial charge in [0, 0.05) is 13.5 Å². The molecule has 0 bridgehead atoms. The third kappa shape index (κ3) is 4.70. The minimum absolute atomic E-state index is 0.0883. The van der Waals surface area contributed by atoms with Crippen LogP contribution in [0.1, 0.15) is 42.6 Å². The Balaban J connectivity index is 1.74. The maximum absolute atomic E-state index is 11.7. The molecular weight excluding hydrogens is 266 g/mol. The van der Waals surface area contributed by atoms with Gasteiger partial charge in [0.1, 0.15) is 0 Å². The van der Waals surface area contributed by atoms with E-state index >= 15 is 0 Å². The van der Waals surface area contributed by atoms with Gasteiger partial charge in [-0.15, -0.1) is 0 Å². The van der Waals surface area contributed by atoms with Gasteiger partial charge in [-0.3, -0.25) is 4.79 Å². The van der Waals surface area contributed by atoms with Gasteiger partial charge in [0.25, 0.3) is 0 Å². The zero-order valence-corrected chi connectivity index (χ0v) is 12.7. The second-order valence-electron chi connectivity index (χ2n) is 5.40. The summed E-state index contributed by atoms with van der Waals surface area (Å²) in [5.41, 5.74) is 2.55. The normalized spacial score (nSPS) is 10.9. The highest BCUT2D eigenvalue weighted by molar-refractivity contribution is 5.77. The monoisotopic (exact) mass is 287 g/mol. The van der Waals surface area contributed by atoms with E-state index in [0.717, 1.165) is 6.42 Å². The molecule has 5 nitrogen and oxygen atoms in total. The highest BCUT2D eigenvalue weighted by Crippen LogP contribution is 2.14. The van der Waals surface area contributed by atoms with Gasteiger partial charge in [-0.05, 0) is 23.5 Å². The number of aromatic nitrogens is 2. The van der Waals surface area contributed by atoms with E-state index < -0.39 is 0 Å². The molecule has 5 heteroatoms. The van der Waals surface area contributed by atoms with E-state index in [1.807, 2.05) is 0 Å². The van der Waals surface area contributed by atoms with Crippen molar-refractivity contribution in [2.24, 2.45) is 0 Å². The molecule has 0 aliphatic heterocycles. The molecule has 0 saturated carbocycles. The Bertz CT molecular complexity index is 588. The minimum Gasteiger partial charge on any atom is -0.355 e. The fourth-order valence-electron chi connectivity index (χ4n) is 2.03. The summed E-state index contributed by atoms with van der Waals surface area (Å²) in [5.74, 6) is 1.35. The van der Waals surface area contributed by atoms with Gasteiger partial charge < -0.3 is 9.84 Å². The van der Waals surface area contributed by atoms with Crippen LogP contribution in [0, 0.1) is 6.92 Å². The van der Waals surface area contributed by atoms with Crippen molar-refractivity contribution >= 4 is 5.91 Å². The van der Waals surface area contributed by atoms with E-state index in [0.29, 0.717) is 24.2 Å². The fourth-order valence-corrected chi connectivity index (χ4v) is 2.03. The lowest BCUT2D eigenvalue weighted by atomic mass is 10.0. The minimum atomic E-state index is -0.0883. The number of nitrogens with zero attached hydrogens (tertiary/aromatic N) is 2. The summed E-state index contributed by atoms with van der Waals surface area (Å²) in [6.45, 7) is 6.66. The molecule has 0 unspecified atom stereocenters. The maximum atomic E-state index is 11.7. The van der Waals surface area contributed by atoms with E-state index in [9.17, 15) is 4.79 Å². The first kappa shape index (κ1) is 15.2. The van der Waals surface area contributed by atoms with Gasteiger partial charge in [-0.1, -0.05) is 43.3 Å². The zero-order chi connectivity index (χ0) is 15.2. The quantitative estimate of drug-likeness (QED) is 0.886. The van der Waals surface area contributed by atoms with Crippen LogP contribution in [0.15, 0.2) is 28.8 Å². The van der Waals surface area contributed by atoms with E-state index in [2.05, 4.69) is 53.6 Å². The van der Waals surface area contributed by atoms with Crippen molar-refractivity contribution in [2.45, 2.75) is 39.5 Å². The van der Waals surface area contributed by atoms with Crippen LogP contribution in [-0.4, -0.2) is 22.6 Å². The van der Waals surface area contributed by atoms with E-state index in [1.54, 1.807) is 6.92 Å². The van der Waals surface area contributed by atoms with Crippen LogP contribution in [-0.2, 0) is 17.6 Å². The summed E-state index contributed by atoms with van der Waals surface area (Å²) in [7, 11) is 0. The lowest BCUT2D eigenvalue weighted by Gasteiger charge is -2.07. The van der Waals surface area contributed by atoms with Crippen LogP contribution >= 0.6 is 0 Å². The SMILES string of the molecule is Cc1nc(CC(=O)NCCc2ccc(C(C)C)cc2)no1. The summed E-state index contributed by atoms with van der Waals surface area (Å²) in [4.78, 5) is 15.7.